The normalized spacial score (nSPS) is 26.5. The van der Waals surface area contributed by atoms with E-state index in [4.69, 9.17) is 0 Å². The first kappa shape index (κ1) is 12.6. The van der Waals surface area contributed by atoms with Gasteiger partial charge in [0.2, 0.25) is 0 Å². The second-order valence-corrected chi connectivity index (χ2v) is 4.67. The average Bonchev–Trinajstić information content (AvgIpc) is 2.48. The molecule has 0 aromatic carbocycles. The lowest BCUT2D eigenvalue weighted by Gasteiger charge is -2.19. The van der Waals surface area contributed by atoms with E-state index in [2.05, 4.69) is 24.1 Å². The highest BCUT2D eigenvalue weighted by atomic mass is 14.9. The second kappa shape index (κ2) is 7.77. The van der Waals surface area contributed by atoms with Gasteiger partial charge < -0.3 is 5.32 Å². The molecule has 1 nitrogen and oxygen atoms in total. The lowest BCUT2D eigenvalue weighted by atomic mass is 9.95. The highest BCUT2D eigenvalue weighted by Gasteiger charge is 2.18. The zero-order valence-electron chi connectivity index (χ0n) is 10.3. The van der Waals surface area contributed by atoms with E-state index < -0.39 is 0 Å². The van der Waals surface area contributed by atoms with Gasteiger partial charge in [-0.1, -0.05) is 19.8 Å². The summed E-state index contributed by atoms with van der Waals surface area (Å²) in [5.41, 5.74) is 0. The summed E-state index contributed by atoms with van der Waals surface area (Å²) in [5, 5.41) is 3.67. The molecule has 15 heavy (non-hydrogen) atoms. The predicted octanol–water partition coefficient (Wildman–Crippen LogP) is 3.35. The Morgan fingerprint density at radius 1 is 1.27 bits per heavy atom. The van der Waals surface area contributed by atoms with Crippen LogP contribution in [0.15, 0.2) is 0 Å². The lowest BCUT2D eigenvalue weighted by Crippen LogP contribution is -2.30. The summed E-state index contributed by atoms with van der Waals surface area (Å²) < 4.78 is 0. The quantitative estimate of drug-likeness (QED) is 0.550. The highest BCUT2D eigenvalue weighted by molar-refractivity contribution is 4.97. The zero-order valence-corrected chi connectivity index (χ0v) is 10.3. The van der Waals surface area contributed by atoms with Crippen molar-refractivity contribution in [2.24, 2.45) is 5.92 Å². The summed E-state index contributed by atoms with van der Waals surface area (Å²) >= 11 is 0. The van der Waals surface area contributed by atoms with Gasteiger partial charge in [-0.3, -0.25) is 0 Å². The van der Waals surface area contributed by atoms with Crippen LogP contribution in [0.5, 0.6) is 0 Å². The Hall–Kier alpha value is -0.480. The monoisotopic (exact) mass is 207 g/mol. The van der Waals surface area contributed by atoms with Crippen LogP contribution in [0, 0.1) is 17.8 Å². The number of nitrogens with one attached hydrogen (secondary N) is 1. The maximum Gasteiger partial charge on any atom is 0.0117 e. The highest BCUT2D eigenvalue weighted by Crippen LogP contribution is 2.25. The van der Waals surface area contributed by atoms with Crippen LogP contribution in [0.3, 0.4) is 0 Å². The molecule has 2 atom stereocenters. The molecule has 0 aromatic rings. The van der Waals surface area contributed by atoms with Crippen LogP contribution < -0.4 is 5.32 Å². The van der Waals surface area contributed by atoms with Crippen LogP contribution in [-0.4, -0.2) is 12.6 Å². The molecule has 86 valence electrons. The topological polar surface area (TPSA) is 12.0 Å². The molecule has 0 bridgehead atoms. The molecule has 0 aliphatic heterocycles. The van der Waals surface area contributed by atoms with E-state index in [9.17, 15) is 0 Å². The van der Waals surface area contributed by atoms with Gasteiger partial charge in [0.1, 0.15) is 0 Å². The largest absolute Gasteiger partial charge is 0.314 e. The minimum atomic E-state index is 0.760. The SMILES string of the molecule is CC#CCC1CCCCC(NCCC)C1. The van der Waals surface area contributed by atoms with Crippen molar-refractivity contribution in [3.05, 3.63) is 0 Å². The first-order valence-corrected chi connectivity index (χ1v) is 6.49. The third-order valence-electron chi connectivity index (χ3n) is 3.28. The molecule has 0 spiro atoms. The Kier molecular flexibility index (Phi) is 6.52. The maximum atomic E-state index is 3.67. The van der Waals surface area contributed by atoms with E-state index in [1.807, 2.05) is 6.92 Å². The van der Waals surface area contributed by atoms with Gasteiger partial charge in [0.05, 0.1) is 0 Å². The van der Waals surface area contributed by atoms with Gasteiger partial charge in [-0.25, -0.2) is 0 Å². The van der Waals surface area contributed by atoms with Gasteiger partial charge in [0, 0.05) is 12.5 Å². The fourth-order valence-corrected chi connectivity index (χ4v) is 2.43. The fraction of sp³-hybridized carbons (Fsp3) is 0.857. The molecule has 1 saturated carbocycles. The Balaban J connectivity index is 2.33. The molecule has 2 unspecified atom stereocenters. The molecule has 1 aliphatic rings. The summed E-state index contributed by atoms with van der Waals surface area (Å²) in [4.78, 5) is 0. The van der Waals surface area contributed by atoms with Crippen molar-refractivity contribution in [3.63, 3.8) is 0 Å². The van der Waals surface area contributed by atoms with Crippen molar-refractivity contribution in [2.75, 3.05) is 6.54 Å². The van der Waals surface area contributed by atoms with Gasteiger partial charge in [0.15, 0.2) is 0 Å². The zero-order chi connectivity index (χ0) is 10.9. The van der Waals surface area contributed by atoms with E-state index in [1.165, 1.54) is 45.1 Å². The van der Waals surface area contributed by atoms with Gasteiger partial charge >= 0.3 is 0 Å². The molecule has 0 amide bonds. The summed E-state index contributed by atoms with van der Waals surface area (Å²) in [6.07, 6.45) is 9.26. The van der Waals surface area contributed by atoms with Crippen molar-refractivity contribution in [1.82, 2.24) is 5.32 Å². The average molecular weight is 207 g/mol. The lowest BCUT2D eigenvalue weighted by molar-refractivity contribution is 0.391. The van der Waals surface area contributed by atoms with E-state index in [1.54, 1.807) is 0 Å². The van der Waals surface area contributed by atoms with E-state index in [0.717, 1.165) is 18.4 Å². The maximum absolute atomic E-state index is 3.67. The molecule has 0 aromatic heterocycles. The standard InChI is InChI=1S/C14H25N/c1-3-5-8-13-9-6-7-10-14(12-13)15-11-4-2/h13-15H,4,6-12H2,1-2H3. The van der Waals surface area contributed by atoms with E-state index in [0.29, 0.717) is 0 Å². The van der Waals surface area contributed by atoms with Gasteiger partial charge in [-0.15, -0.1) is 11.8 Å². The molecule has 1 fully saturated rings. The molecule has 1 N–H and O–H groups in total. The first-order valence-electron chi connectivity index (χ1n) is 6.49. The molecular formula is C14H25N. The Labute approximate surface area is 95.0 Å². The van der Waals surface area contributed by atoms with E-state index in [-0.39, 0.29) is 0 Å². The molecule has 1 aliphatic carbocycles. The molecule has 0 heterocycles. The minimum Gasteiger partial charge on any atom is -0.314 e. The number of rotatable bonds is 4. The van der Waals surface area contributed by atoms with Crippen LogP contribution >= 0.6 is 0 Å². The number of hydrogen-bond acceptors (Lipinski definition) is 1. The van der Waals surface area contributed by atoms with Crippen LogP contribution in [0.2, 0.25) is 0 Å². The van der Waals surface area contributed by atoms with Gasteiger partial charge in [0.25, 0.3) is 0 Å². The van der Waals surface area contributed by atoms with Crippen LogP contribution in [0.1, 0.15) is 58.8 Å². The van der Waals surface area contributed by atoms with Crippen LogP contribution in [0.4, 0.5) is 0 Å². The Morgan fingerprint density at radius 3 is 2.80 bits per heavy atom. The molecular weight excluding hydrogens is 182 g/mol. The Morgan fingerprint density at radius 2 is 2.07 bits per heavy atom. The molecule has 0 saturated heterocycles. The number of hydrogen-bond donors (Lipinski definition) is 1. The molecule has 0 radical (unpaired) electrons. The molecule has 1 rings (SSSR count). The summed E-state index contributed by atoms with van der Waals surface area (Å²) in [7, 11) is 0. The minimum absolute atomic E-state index is 0.760. The summed E-state index contributed by atoms with van der Waals surface area (Å²) in [6.45, 7) is 5.37. The van der Waals surface area contributed by atoms with E-state index >= 15 is 0 Å². The third-order valence-corrected chi connectivity index (χ3v) is 3.28. The second-order valence-electron chi connectivity index (χ2n) is 4.67. The van der Waals surface area contributed by atoms with Crippen LogP contribution in [0.25, 0.3) is 0 Å². The summed E-state index contributed by atoms with van der Waals surface area (Å²) in [6, 6.07) is 0.760. The van der Waals surface area contributed by atoms with Crippen molar-refractivity contribution in [2.45, 2.75) is 64.8 Å². The van der Waals surface area contributed by atoms with Crippen molar-refractivity contribution < 1.29 is 0 Å². The first-order chi connectivity index (χ1) is 7.36. The van der Waals surface area contributed by atoms with Crippen molar-refractivity contribution in [1.29, 1.82) is 0 Å². The van der Waals surface area contributed by atoms with Gasteiger partial charge in [-0.05, 0) is 45.1 Å². The van der Waals surface area contributed by atoms with Crippen molar-refractivity contribution in [3.8, 4) is 11.8 Å². The molecule has 1 heteroatoms. The fourth-order valence-electron chi connectivity index (χ4n) is 2.43. The third kappa shape index (κ3) is 5.23. The Bertz CT molecular complexity index is 211. The van der Waals surface area contributed by atoms with Crippen LogP contribution in [-0.2, 0) is 0 Å². The smallest absolute Gasteiger partial charge is 0.0117 e. The predicted molar refractivity (Wildman–Crippen MR) is 66.7 cm³/mol. The van der Waals surface area contributed by atoms with Gasteiger partial charge in [-0.2, -0.15) is 0 Å². The van der Waals surface area contributed by atoms with Crippen molar-refractivity contribution >= 4 is 0 Å². The summed E-state index contributed by atoms with van der Waals surface area (Å²) in [5.74, 6) is 7.11.